The number of ether oxygens (including phenoxy) is 1. The molecule has 5 rings (SSSR count). The first-order valence-corrected chi connectivity index (χ1v) is 11.9. The van der Waals surface area contributed by atoms with Gasteiger partial charge in [-0.3, -0.25) is 4.98 Å². The van der Waals surface area contributed by atoms with E-state index in [0.29, 0.717) is 11.7 Å². The molecule has 2 aromatic carbocycles. The van der Waals surface area contributed by atoms with Crippen LogP contribution in [0.25, 0.3) is 0 Å². The van der Waals surface area contributed by atoms with Gasteiger partial charge in [-0.05, 0) is 66.3 Å². The highest BCUT2D eigenvalue weighted by molar-refractivity contribution is 7.99. The van der Waals surface area contributed by atoms with Crippen molar-refractivity contribution in [3.05, 3.63) is 108 Å². The Labute approximate surface area is 202 Å². The summed E-state index contributed by atoms with van der Waals surface area (Å²) >= 11 is 7.38. The van der Waals surface area contributed by atoms with Gasteiger partial charge < -0.3 is 19.4 Å². The maximum atomic E-state index is 6.35. The van der Waals surface area contributed by atoms with Crippen LogP contribution < -0.4 is 10.1 Å². The van der Waals surface area contributed by atoms with E-state index in [4.69, 9.17) is 21.4 Å². The lowest BCUT2D eigenvalue weighted by Crippen LogP contribution is -2.29. The lowest BCUT2D eigenvalue weighted by Gasteiger charge is -2.26. The number of aromatic nitrogens is 1. The molecule has 0 radical (unpaired) electrons. The van der Waals surface area contributed by atoms with E-state index < -0.39 is 0 Å². The van der Waals surface area contributed by atoms with E-state index >= 15 is 0 Å². The van der Waals surface area contributed by atoms with Crippen molar-refractivity contribution in [1.29, 1.82) is 0 Å². The quantitative estimate of drug-likeness (QED) is 0.330. The average molecular weight is 474 g/mol. The van der Waals surface area contributed by atoms with E-state index in [-0.39, 0.29) is 12.1 Å². The van der Waals surface area contributed by atoms with E-state index in [1.54, 1.807) is 18.9 Å². The van der Waals surface area contributed by atoms with Crippen LogP contribution in [0.1, 0.15) is 29.1 Å². The summed E-state index contributed by atoms with van der Waals surface area (Å²) in [6.07, 6.45) is 1.81. The number of methoxy groups -OCH3 is 1. The van der Waals surface area contributed by atoms with Crippen molar-refractivity contribution in [1.82, 2.24) is 15.2 Å². The van der Waals surface area contributed by atoms with Crippen LogP contribution in [-0.4, -0.2) is 22.1 Å². The Kier molecular flexibility index (Phi) is 6.32. The van der Waals surface area contributed by atoms with Crippen molar-refractivity contribution in [3.63, 3.8) is 0 Å². The summed E-state index contributed by atoms with van der Waals surface area (Å²) < 4.78 is 11.6. The van der Waals surface area contributed by atoms with Crippen molar-refractivity contribution >= 4 is 29.1 Å². The van der Waals surface area contributed by atoms with Crippen LogP contribution in [0.2, 0.25) is 0 Å². The van der Waals surface area contributed by atoms with E-state index in [2.05, 4.69) is 39.5 Å². The Bertz CT molecular complexity index is 1210. The molecule has 1 aliphatic heterocycles. The number of hydrogen-bond acceptors (Lipinski definition) is 5. The molecule has 1 saturated heterocycles. The van der Waals surface area contributed by atoms with E-state index in [9.17, 15) is 0 Å². The first-order chi connectivity index (χ1) is 16.2. The third kappa shape index (κ3) is 4.74. The van der Waals surface area contributed by atoms with Crippen LogP contribution >= 0.6 is 24.0 Å². The number of nitrogens with one attached hydrogen (secondary N) is 1. The summed E-state index contributed by atoms with van der Waals surface area (Å²) in [6, 6.07) is 28.0. The van der Waals surface area contributed by atoms with Crippen molar-refractivity contribution in [3.8, 4) is 5.75 Å². The number of rotatable bonds is 7. The Balaban J connectivity index is 1.46. The molecule has 0 amide bonds. The van der Waals surface area contributed by atoms with Gasteiger partial charge in [-0.1, -0.05) is 48.2 Å². The minimum Gasteiger partial charge on any atom is -0.497 e. The maximum Gasteiger partial charge on any atom is 0.170 e. The highest BCUT2D eigenvalue weighted by Gasteiger charge is 2.41. The average Bonchev–Trinajstić information content (AvgIpc) is 3.45. The van der Waals surface area contributed by atoms with E-state index in [0.717, 1.165) is 32.8 Å². The zero-order valence-electron chi connectivity index (χ0n) is 18.0. The molecule has 0 unspecified atom stereocenters. The second-order valence-corrected chi connectivity index (χ2v) is 9.14. The predicted octanol–water partition coefficient (Wildman–Crippen LogP) is 6.01. The van der Waals surface area contributed by atoms with Gasteiger partial charge in [0.2, 0.25) is 0 Å². The Hall–Kier alpha value is -3.29. The summed E-state index contributed by atoms with van der Waals surface area (Å²) in [5, 5.41) is 5.00. The molecule has 1 fully saturated rings. The zero-order valence-corrected chi connectivity index (χ0v) is 19.7. The number of benzene rings is 2. The number of thiocarbonyl (C=S) groups is 1. The van der Waals surface area contributed by atoms with Crippen LogP contribution in [0.3, 0.4) is 0 Å². The Morgan fingerprint density at radius 3 is 2.52 bits per heavy atom. The summed E-state index contributed by atoms with van der Waals surface area (Å²) in [5.74, 6) is 1.68. The standard InChI is InChI=1S/C26H23N3O2S2/c1-30-19-12-10-18(11-13-19)17-29-25(24(28-26(29)32)21-9-5-6-16-27-21)22-14-15-23(31-22)33-20-7-3-2-4-8-20/h2-16,24-25H,17H2,1H3,(H,28,32)/t24-,25-/m0/s1. The summed E-state index contributed by atoms with van der Waals surface area (Å²) in [6.45, 7) is 0.645. The van der Waals surface area contributed by atoms with Crippen molar-refractivity contribution in [2.75, 3.05) is 7.11 Å². The maximum absolute atomic E-state index is 6.35. The molecule has 2 aromatic heterocycles. The topological polar surface area (TPSA) is 50.5 Å². The Morgan fingerprint density at radius 1 is 1.00 bits per heavy atom. The van der Waals surface area contributed by atoms with Gasteiger partial charge in [0.1, 0.15) is 17.6 Å². The minimum absolute atomic E-state index is 0.113. The third-order valence-electron chi connectivity index (χ3n) is 5.57. The highest BCUT2D eigenvalue weighted by atomic mass is 32.2. The smallest absolute Gasteiger partial charge is 0.170 e. The van der Waals surface area contributed by atoms with E-state index in [1.165, 1.54) is 0 Å². The molecule has 166 valence electrons. The predicted molar refractivity (Wildman–Crippen MR) is 133 cm³/mol. The van der Waals surface area contributed by atoms with Gasteiger partial charge in [0.25, 0.3) is 0 Å². The van der Waals surface area contributed by atoms with Crippen LogP contribution in [0.5, 0.6) is 5.75 Å². The molecule has 1 aliphatic rings. The molecule has 1 N–H and O–H groups in total. The molecule has 5 nitrogen and oxygen atoms in total. The monoisotopic (exact) mass is 473 g/mol. The molecule has 0 bridgehead atoms. The molecule has 2 atom stereocenters. The minimum atomic E-state index is -0.125. The fraction of sp³-hybridized carbons (Fsp3) is 0.154. The van der Waals surface area contributed by atoms with Crippen LogP contribution in [0, 0.1) is 0 Å². The van der Waals surface area contributed by atoms with Crippen LogP contribution in [-0.2, 0) is 6.54 Å². The first-order valence-electron chi connectivity index (χ1n) is 10.6. The first kappa shape index (κ1) is 21.6. The van der Waals surface area contributed by atoms with Crippen LogP contribution in [0.4, 0.5) is 0 Å². The summed E-state index contributed by atoms with van der Waals surface area (Å²) in [7, 11) is 1.67. The number of hydrogen-bond donors (Lipinski definition) is 1. The number of nitrogens with zero attached hydrogens (tertiary/aromatic N) is 2. The molecular formula is C26H23N3O2S2. The van der Waals surface area contributed by atoms with Gasteiger partial charge in [0.05, 0.1) is 18.8 Å². The zero-order chi connectivity index (χ0) is 22.6. The molecule has 33 heavy (non-hydrogen) atoms. The summed E-state index contributed by atoms with van der Waals surface area (Å²) in [5.41, 5.74) is 2.06. The van der Waals surface area contributed by atoms with Gasteiger partial charge in [-0.15, -0.1) is 0 Å². The van der Waals surface area contributed by atoms with E-state index in [1.807, 2.05) is 66.9 Å². The highest BCUT2D eigenvalue weighted by Crippen LogP contribution is 2.41. The number of pyridine rings is 1. The molecule has 0 aliphatic carbocycles. The second-order valence-electron chi connectivity index (χ2n) is 7.67. The van der Waals surface area contributed by atoms with Crippen molar-refractivity contribution in [2.24, 2.45) is 0 Å². The lowest BCUT2D eigenvalue weighted by molar-refractivity contribution is 0.254. The van der Waals surface area contributed by atoms with Gasteiger partial charge >= 0.3 is 0 Å². The SMILES string of the molecule is COc1ccc(CN2C(=S)N[C@@H](c3ccccn3)[C@@H]2c2ccc(Sc3ccccc3)o2)cc1. The van der Waals surface area contributed by atoms with Gasteiger partial charge in [-0.2, -0.15) is 0 Å². The molecular weight excluding hydrogens is 450 g/mol. The molecule has 4 aromatic rings. The third-order valence-corrected chi connectivity index (χ3v) is 6.85. The Morgan fingerprint density at radius 2 is 1.79 bits per heavy atom. The largest absolute Gasteiger partial charge is 0.497 e. The number of furan rings is 1. The fourth-order valence-electron chi connectivity index (χ4n) is 3.97. The fourth-order valence-corrected chi connectivity index (χ4v) is 5.07. The van der Waals surface area contributed by atoms with Gasteiger partial charge in [0.15, 0.2) is 10.2 Å². The van der Waals surface area contributed by atoms with Crippen LogP contribution in [0.15, 0.2) is 106 Å². The molecule has 0 saturated carbocycles. The lowest BCUT2D eigenvalue weighted by atomic mass is 10.0. The second kappa shape index (κ2) is 9.68. The molecule has 3 heterocycles. The summed E-state index contributed by atoms with van der Waals surface area (Å²) in [4.78, 5) is 7.90. The van der Waals surface area contributed by atoms with Gasteiger partial charge in [0, 0.05) is 17.6 Å². The van der Waals surface area contributed by atoms with Crippen molar-refractivity contribution < 1.29 is 9.15 Å². The molecule has 7 heteroatoms. The van der Waals surface area contributed by atoms with Crippen molar-refractivity contribution in [2.45, 2.75) is 28.6 Å². The van der Waals surface area contributed by atoms with Gasteiger partial charge in [-0.25, -0.2) is 0 Å². The normalized spacial score (nSPS) is 17.7. The molecule has 0 spiro atoms.